The van der Waals surface area contributed by atoms with Crippen LogP contribution in [0.15, 0.2) is 36.4 Å². The summed E-state index contributed by atoms with van der Waals surface area (Å²) in [5.41, 5.74) is 6.16. The topological polar surface area (TPSA) is 52.2 Å². The van der Waals surface area contributed by atoms with Gasteiger partial charge in [0.1, 0.15) is 0 Å². The van der Waals surface area contributed by atoms with Gasteiger partial charge in [-0.3, -0.25) is 0 Å². The Labute approximate surface area is 154 Å². The van der Waals surface area contributed by atoms with Crippen LogP contribution in [0.1, 0.15) is 63.8 Å². The molecule has 3 nitrogen and oxygen atoms in total. The van der Waals surface area contributed by atoms with E-state index in [1.54, 1.807) is 6.07 Å². The highest BCUT2D eigenvalue weighted by Crippen LogP contribution is 2.64. The molecular formula is C23H24NO2-. The minimum Gasteiger partial charge on any atom is -0.545 e. The van der Waals surface area contributed by atoms with Crippen LogP contribution < -0.4 is 10.4 Å². The molecule has 0 unspecified atom stereocenters. The van der Waals surface area contributed by atoms with Gasteiger partial charge in [0, 0.05) is 11.3 Å². The summed E-state index contributed by atoms with van der Waals surface area (Å²) in [5, 5.41) is 15.4. The predicted molar refractivity (Wildman–Crippen MR) is 100 cm³/mol. The molecular weight excluding hydrogens is 322 g/mol. The van der Waals surface area contributed by atoms with E-state index in [-0.39, 0.29) is 6.04 Å². The van der Waals surface area contributed by atoms with Gasteiger partial charge in [0.25, 0.3) is 0 Å². The smallest absolute Gasteiger partial charge is 0.0736 e. The summed E-state index contributed by atoms with van der Waals surface area (Å²) in [6, 6.07) is 12.5. The first-order valence-electron chi connectivity index (χ1n) is 9.72. The van der Waals surface area contributed by atoms with Crippen molar-refractivity contribution in [1.29, 1.82) is 0 Å². The van der Waals surface area contributed by atoms with E-state index < -0.39 is 5.97 Å². The van der Waals surface area contributed by atoms with E-state index in [9.17, 15) is 9.90 Å². The lowest BCUT2D eigenvalue weighted by atomic mass is 9.67. The van der Waals surface area contributed by atoms with Crippen molar-refractivity contribution >= 4 is 11.7 Å². The summed E-state index contributed by atoms with van der Waals surface area (Å²) in [6.45, 7) is 4.30. The first-order valence-corrected chi connectivity index (χ1v) is 9.72. The lowest BCUT2D eigenvalue weighted by Gasteiger charge is -2.44. The minimum absolute atomic E-state index is 0.184. The Morgan fingerprint density at radius 3 is 2.69 bits per heavy atom. The molecule has 0 aromatic heterocycles. The number of para-hydroxylation sites is 1. The second-order valence-electron chi connectivity index (χ2n) is 8.48. The number of anilines is 1. The van der Waals surface area contributed by atoms with Crippen LogP contribution in [-0.4, -0.2) is 5.97 Å². The summed E-state index contributed by atoms with van der Waals surface area (Å²) in [7, 11) is 0. The number of carboxylic acids is 1. The molecule has 2 fully saturated rings. The Morgan fingerprint density at radius 1 is 1.08 bits per heavy atom. The number of carbonyl (C=O) groups excluding carboxylic acids is 1. The van der Waals surface area contributed by atoms with Crippen LogP contribution in [0.4, 0.5) is 5.69 Å². The highest BCUT2D eigenvalue weighted by Gasteiger charge is 2.54. The summed E-state index contributed by atoms with van der Waals surface area (Å²) in [5.74, 6) is 1.36. The number of rotatable bonds is 2. The van der Waals surface area contributed by atoms with Gasteiger partial charge in [0.2, 0.25) is 0 Å². The fraction of sp³-hybridized carbons (Fsp3) is 0.435. The number of aromatic carboxylic acids is 1. The first-order chi connectivity index (χ1) is 12.5. The number of carboxylic acid groups (broad SMARTS) is 1. The van der Waals surface area contributed by atoms with Crippen molar-refractivity contribution < 1.29 is 9.90 Å². The van der Waals surface area contributed by atoms with Gasteiger partial charge in [-0.25, -0.2) is 0 Å². The molecule has 0 saturated heterocycles. The fourth-order valence-electron chi connectivity index (χ4n) is 6.09. The highest BCUT2D eigenvalue weighted by molar-refractivity contribution is 5.94. The molecule has 0 amide bonds. The van der Waals surface area contributed by atoms with E-state index in [0.717, 1.165) is 11.6 Å². The van der Waals surface area contributed by atoms with Gasteiger partial charge in [-0.05, 0) is 73.5 Å². The first kappa shape index (κ1) is 15.9. The number of aryl methyl sites for hydroxylation is 2. The number of fused-ring (bicyclic) bond motifs is 7. The van der Waals surface area contributed by atoms with Gasteiger partial charge in [0.05, 0.1) is 12.0 Å². The van der Waals surface area contributed by atoms with E-state index in [0.29, 0.717) is 23.3 Å². The van der Waals surface area contributed by atoms with Crippen molar-refractivity contribution in [2.45, 2.75) is 45.1 Å². The Kier molecular flexibility index (Phi) is 3.43. The second-order valence-corrected chi connectivity index (χ2v) is 8.48. The Balaban J connectivity index is 1.70. The van der Waals surface area contributed by atoms with Crippen molar-refractivity contribution in [3.05, 3.63) is 64.2 Å². The Morgan fingerprint density at radius 2 is 1.88 bits per heavy atom. The number of nitrogens with one attached hydrogen (secondary N) is 1. The Hall–Kier alpha value is -2.29. The van der Waals surface area contributed by atoms with Crippen LogP contribution in [0.25, 0.3) is 0 Å². The Bertz CT molecular complexity index is 903. The van der Waals surface area contributed by atoms with Crippen LogP contribution in [0, 0.1) is 31.6 Å². The van der Waals surface area contributed by atoms with Crippen LogP contribution in [-0.2, 0) is 0 Å². The van der Waals surface area contributed by atoms with Gasteiger partial charge in [-0.15, -0.1) is 0 Å². The second kappa shape index (κ2) is 5.60. The summed E-state index contributed by atoms with van der Waals surface area (Å²) < 4.78 is 0. The summed E-state index contributed by atoms with van der Waals surface area (Å²) in [6.07, 6.45) is 3.87. The third kappa shape index (κ3) is 2.16. The monoisotopic (exact) mass is 346 g/mol. The van der Waals surface area contributed by atoms with Gasteiger partial charge in [-0.2, -0.15) is 0 Å². The van der Waals surface area contributed by atoms with Crippen molar-refractivity contribution in [2.75, 3.05) is 5.32 Å². The van der Waals surface area contributed by atoms with Crippen LogP contribution >= 0.6 is 0 Å². The predicted octanol–water partition coefficient (Wildman–Crippen LogP) is 3.96. The van der Waals surface area contributed by atoms with Crippen LogP contribution in [0.3, 0.4) is 0 Å². The van der Waals surface area contributed by atoms with E-state index in [4.69, 9.17) is 0 Å². The van der Waals surface area contributed by atoms with E-state index in [1.165, 1.54) is 41.5 Å². The van der Waals surface area contributed by atoms with E-state index >= 15 is 0 Å². The number of benzene rings is 2. The third-order valence-electron chi connectivity index (χ3n) is 7.11. The molecule has 5 rings (SSSR count). The van der Waals surface area contributed by atoms with Gasteiger partial charge in [-0.1, -0.05) is 42.0 Å². The normalized spacial score (nSPS) is 31.2. The maximum atomic E-state index is 11.7. The lowest BCUT2D eigenvalue weighted by Crippen LogP contribution is -2.37. The van der Waals surface area contributed by atoms with Gasteiger partial charge >= 0.3 is 0 Å². The fourth-order valence-corrected chi connectivity index (χ4v) is 6.09. The minimum atomic E-state index is -1.09. The standard InChI is InChI=1S/C23H25NO2/c1-12-6-7-13(2)18(10-12)22-20-15-9-8-14(11-15)19(20)16-4-3-5-17(23(25)26)21(16)24-22/h3-7,10,14-15,19-20,22,24H,8-9,11H2,1-2H3,(H,25,26)/p-1/t14-,15-,19+,20-,22-/m0/s1. The van der Waals surface area contributed by atoms with Crippen molar-refractivity contribution in [2.24, 2.45) is 17.8 Å². The number of hydrogen-bond donors (Lipinski definition) is 1. The summed E-state index contributed by atoms with van der Waals surface area (Å²) >= 11 is 0. The van der Waals surface area contributed by atoms with Gasteiger partial charge in [0.15, 0.2) is 0 Å². The van der Waals surface area contributed by atoms with Crippen molar-refractivity contribution in [3.8, 4) is 0 Å². The van der Waals surface area contributed by atoms with Crippen molar-refractivity contribution in [3.63, 3.8) is 0 Å². The number of hydrogen-bond acceptors (Lipinski definition) is 3. The lowest BCUT2D eigenvalue weighted by molar-refractivity contribution is -0.254. The SMILES string of the molecule is Cc1ccc(C)c([C@@H]2Nc3c(C(=O)[O-])cccc3[C@H]3[C@H]4CC[C@@H](C4)[C@@H]32)c1. The molecule has 2 bridgehead atoms. The molecule has 0 spiro atoms. The molecule has 26 heavy (non-hydrogen) atoms. The molecule has 3 aliphatic rings. The molecule has 3 heteroatoms. The molecule has 1 heterocycles. The van der Waals surface area contributed by atoms with Crippen molar-refractivity contribution in [1.82, 2.24) is 0 Å². The van der Waals surface area contributed by atoms with E-state index in [2.05, 4.69) is 43.4 Å². The molecule has 134 valence electrons. The zero-order valence-electron chi connectivity index (χ0n) is 15.3. The average molecular weight is 346 g/mol. The maximum Gasteiger partial charge on any atom is 0.0736 e. The van der Waals surface area contributed by atoms with E-state index in [1.807, 2.05) is 6.07 Å². The quantitative estimate of drug-likeness (QED) is 0.895. The maximum absolute atomic E-state index is 11.7. The van der Waals surface area contributed by atoms with Gasteiger partial charge < -0.3 is 15.2 Å². The molecule has 5 atom stereocenters. The molecule has 2 aromatic rings. The number of carbonyl (C=O) groups is 1. The van der Waals surface area contributed by atoms with Crippen LogP contribution in [0.5, 0.6) is 0 Å². The summed E-state index contributed by atoms with van der Waals surface area (Å²) in [4.78, 5) is 11.7. The third-order valence-corrected chi connectivity index (χ3v) is 7.11. The zero-order chi connectivity index (χ0) is 18.0. The molecule has 2 aromatic carbocycles. The molecule has 1 aliphatic heterocycles. The molecule has 2 saturated carbocycles. The zero-order valence-corrected chi connectivity index (χ0v) is 15.3. The molecule has 0 radical (unpaired) electrons. The highest BCUT2D eigenvalue weighted by atomic mass is 16.4. The largest absolute Gasteiger partial charge is 0.545 e. The molecule has 2 aliphatic carbocycles. The molecule has 1 N–H and O–H groups in total. The van der Waals surface area contributed by atoms with Crippen LogP contribution in [0.2, 0.25) is 0 Å². The average Bonchev–Trinajstić information content (AvgIpc) is 3.25.